The molecule has 0 saturated carbocycles. The van der Waals surface area contributed by atoms with E-state index in [1.54, 1.807) is 27.7 Å². The van der Waals surface area contributed by atoms with Crippen molar-refractivity contribution < 1.29 is 28.3 Å². The molecule has 0 aromatic carbocycles. The molecular weight excluding hydrogens is 275 g/mol. The molecule has 0 aliphatic carbocycles. The first-order valence-corrected chi connectivity index (χ1v) is 9.76. The normalized spacial score (nSPS) is 18.6. The summed E-state index contributed by atoms with van der Waals surface area (Å²) >= 11 is 0. The fourth-order valence-corrected chi connectivity index (χ4v) is 3.00. The van der Waals surface area contributed by atoms with Gasteiger partial charge >= 0.3 is 14.2 Å². The van der Waals surface area contributed by atoms with Crippen molar-refractivity contribution in [3.8, 4) is 0 Å². The topological polar surface area (TPSA) is 85.2 Å². The van der Waals surface area contributed by atoms with Crippen LogP contribution in [0.1, 0.15) is 27.7 Å². The summed E-state index contributed by atoms with van der Waals surface area (Å²) in [5, 5.41) is 9.29. The molecule has 0 fully saturated rings. The van der Waals surface area contributed by atoms with E-state index < -0.39 is 34.8 Å². The first kappa shape index (κ1) is 18.1. The van der Waals surface area contributed by atoms with Crippen LogP contribution in [0.5, 0.6) is 0 Å². The molecular formula is C10H24O6PSi+. The summed E-state index contributed by atoms with van der Waals surface area (Å²) < 4.78 is 27.2. The van der Waals surface area contributed by atoms with Crippen LogP contribution in [0.15, 0.2) is 0 Å². The summed E-state index contributed by atoms with van der Waals surface area (Å²) in [6.07, 6.45) is -0.718. The Kier molecular flexibility index (Phi) is 7.09. The third kappa shape index (κ3) is 5.84. The number of hydrogen-bond donors (Lipinski definition) is 2. The van der Waals surface area contributed by atoms with Crippen LogP contribution in [-0.2, 0) is 18.3 Å². The molecule has 3 atom stereocenters. The van der Waals surface area contributed by atoms with E-state index in [0.29, 0.717) is 0 Å². The molecule has 8 heteroatoms. The van der Waals surface area contributed by atoms with Gasteiger partial charge in [-0.25, -0.2) is 0 Å². The fourth-order valence-electron chi connectivity index (χ4n) is 1.26. The minimum Gasteiger partial charge on any atom is -0.391 e. The lowest BCUT2D eigenvalue weighted by Gasteiger charge is -2.39. The standard InChI is InChI=1S/C10H23O6PSi/c1-8(11)7-14-10(9(2,3)4,15-17(12)13)16-18(5)6/h8,11,18H,7H2,1-6H3/p+1. The SMILES string of the molecule is CC(O)COC(O[SiH](C)C)(O[P+](=O)O)C(C)(C)C. The highest BCUT2D eigenvalue weighted by molar-refractivity contribution is 7.32. The number of ether oxygens (including phenoxy) is 1. The van der Waals surface area contributed by atoms with Crippen LogP contribution >= 0.6 is 8.25 Å². The maximum Gasteiger partial charge on any atom is 0.700 e. The van der Waals surface area contributed by atoms with Gasteiger partial charge in [-0.05, 0) is 20.0 Å². The van der Waals surface area contributed by atoms with Crippen LogP contribution in [0.25, 0.3) is 0 Å². The van der Waals surface area contributed by atoms with Gasteiger partial charge in [-0.3, -0.25) is 0 Å². The lowest BCUT2D eigenvalue weighted by atomic mass is 9.93. The van der Waals surface area contributed by atoms with Gasteiger partial charge in [0, 0.05) is 9.98 Å². The molecule has 0 bridgehead atoms. The smallest absolute Gasteiger partial charge is 0.391 e. The maximum atomic E-state index is 11.0. The van der Waals surface area contributed by atoms with Gasteiger partial charge in [-0.1, -0.05) is 25.3 Å². The molecule has 0 aromatic heterocycles. The summed E-state index contributed by atoms with van der Waals surface area (Å²) in [6.45, 7) is 10.7. The summed E-state index contributed by atoms with van der Waals surface area (Å²) in [5.41, 5.74) is -0.674. The van der Waals surface area contributed by atoms with Gasteiger partial charge < -0.3 is 14.3 Å². The fraction of sp³-hybridized carbons (Fsp3) is 1.00. The molecule has 3 unspecified atom stereocenters. The second-order valence-electron chi connectivity index (χ2n) is 5.46. The Balaban J connectivity index is 5.19. The Morgan fingerprint density at radius 3 is 2.11 bits per heavy atom. The molecule has 0 aliphatic rings. The molecule has 0 spiro atoms. The monoisotopic (exact) mass is 299 g/mol. The van der Waals surface area contributed by atoms with E-state index in [2.05, 4.69) is 0 Å². The largest absolute Gasteiger partial charge is 0.700 e. The van der Waals surface area contributed by atoms with Crippen molar-refractivity contribution in [2.45, 2.75) is 52.9 Å². The molecule has 0 heterocycles. The molecule has 0 rings (SSSR count). The minimum absolute atomic E-state index is 0.0401. The van der Waals surface area contributed by atoms with Crippen molar-refractivity contribution in [3.63, 3.8) is 0 Å². The number of hydrogen-bond acceptors (Lipinski definition) is 5. The Hall–Kier alpha value is 0.117. The maximum absolute atomic E-state index is 11.0. The molecule has 0 saturated heterocycles. The van der Waals surface area contributed by atoms with Crippen LogP contribution in [0, 0.1) is 5.41 Å². The van der Waals surface area contributed by atoms with E-state index in [0.717, 1.165) is 0 Å². The number of rotatable bonds is 7. The summed E-state index contributed by atoms with van der Waals surface area (Å²) in [4.78, 5) is 9.01. The average molecular weight is 299 g/mol. The zero-order chi connectivity index (χ0) is 14.6. The van der Waals surface area contributed by atoms with E-state index in [1.165, 1.54) is 0 Å². The Morgan fingerprint density at radius 1 is 1.33 bits per heavy atom. The number of aliphatic hydroxyl groups excluding tert-OH is 1. The molecule has 0 aromatic rings. The lowest BCUT2D eigenvalue weighted by molar-refractivity contribution is -0.359. The Morgan fingerprint density at radius 2 is 1.83 bits per heavy atom. The first-order chi connectivity index (χ1) is 8.00. The van der Waals surface area contributed by atoms with Gasteiger partial charge in [0.05, 0.1) is 12.7 Å². The third-order valence-corrected chi connectivity index (χ3v) is 3.20. The predicted molar refractivity (Wildman–Crippen MR) is 70.7 cm³/mol. The van der Waals surface area contributed by atoms with Gasteiger partial charge in [-0.15, -0.1) is 4.89 Å². The highest BCUT2D eigenvalue weighted by Crippen LogP contribution is 2.42. The van der Waals surface area contributed by atoms with Crippen LogP contribution in [0.3, 0.4) is 0 Å². The molecule has 108 valence electrons. The van der Waals surface area contributed by atoms with Crippen molar-refractivity contribution in [2.75, 3.05) is 6.61 Å². The van der Waals surface area contributed by atoms with Crippen molar-refractivity contribution in [1.29, 1.82) is 0 Å². The van der Waals surface area contributed by atoms with Gasteiger partial charge in [0.2, 0.25) is 0 Å². The van der Waals surface area contributed by atoms with Crippen molar-refractivity contribution in [1.82, 2.24) is 0 Å². The first-order valence-electron chi connectivity index (χ1n) is 5.85. The quantitative estimate of drug-likeness (QED) is 0.423. The second-order valence-corrected chi connectivity index (χ2v) is 8.45. The Labute approximate surface area is 111 Å². The molecule has 0 aliphatic heterocycles. The van der Waals surface area contributed by atoms with Crippen LogP contribution in [0.4, 0.5) is 0 Å². The molecule has 0 amide bonds. The highest BCUT2D eigenvalue weighted by Gasteiger charge is 2.53. The van der Waals surface area contributed by atoms with Gasteiger partial charge in [-0.2, -0.15) is 0 Å². The zero-order valence-corrected chi connectivity index (χ0v) is 13.9. The third-order valence-electron chi connectivity index (χ3n) is 2.02. The van der Waals surface area contributed by atoms with Crippen molar-refractivity contribution >= 4 is 17.3 Å². The highest BCUT2D eigenvalue weighted by atomic mass is 31.1. The van der Waals surface area contributed by atoms with E-state index in [9.17, 15) is 9.67 Å². The second kappa shape index (κ2) is 7.05. The van der Waals surface area contributed by atoms with Gasteiger partial charge in [0.15, 0.2) is 9.04 Å². The Bertz CT molecular complexity index is 278. The van der Waals surface area contributed by atoms with E-state index in [1.807, 2.05) is 13.1 Å². The molecule has 2 N–H and O–H groups in total. The zero-order valence-electron chi connectivity index (χ0n) is 11.8. The van der Waals surface area contributed by atoms with E-state index >= 15 is 0 Å². The summed E-state index contributed by atoms with van der Waals surface area (Å²) in [7, 11) is -4.46. The van der Waals surface area contributed by atoms with Crippen LogP contribution in [0.2, 0.25) is 13.1 Å². The average Bonchev–Trinajstić information content (AvgIpc) is 2.10. The minimum atomic E-state index is -2.87. The van der Waals surface area contributed by atoms with Crippen molar-refractivity contribution in [2.24, 2.45) is 5.41 Å². The predicted octanol–water partition coefficient (Wildman–Crippen LogP) is 1.75. The molecule has 0 radical (unpaired) electrons. The van der Waals surface area contributed by atoms with Crippen LogP contribution in [-0.4, -0.2) is 37.7 Å². The lowest BCUT2D eigenvalue weighted by Crippen LogP contribution is -2.52. The van der Waals surface area contributed by atoms with E-state index in [4.69, 9.17) is 18.6 Å². The molecule has 6 nitrogen and oxygen atoms in total. The van der Waals surface area contributed by atoms with Gasteiger partial charge in [0.1, 0.15) is 0 Å². The number of aliphatic hydroxyl groups is 1. The summed E-state index contributed by atoms with van der Waals surface area (Å²) in [5.74, 6) is -1.62. The van der Waals surface area contributed by atoms with E-state index in [-0.39, 0.29) is 6.61 Å². The molecule has 18 heavy (non-hydrogen) atoms. The van der Waals surface area contributed by atoms with Crippen LogP contribution < -0.4 is 0 Å². The van der Waals surface area contributed by atoms with Crippen molar-refractivity contribution in [3.05, 3.63) is 0 Å². The van der Waals surface area contributed by atoms with Gasteiger partial charge in [0.25, 0.3) is 0 Å². The summed E-state index contributed by atoms with van der Waals surface area (Å²) in [6, 6.07) is 0.